The van der Waals surface area contributed by atoms with E-state index >= 15 is 0 Å². The Morgan fingerprint density at radius 3 is 2.74 bits per heavy atom. The summed E-state index contributed by atoms with van der Waals surface area (Å²) < 4.78 is 4.86. The largest absolute Gasteiger partial charge is 0.468 e. The number of carbonyl (C=O) groups excluding carboxylic acids is 1. The summed E-state index contributed by atoms with van der Waals surface area (Å²) in [5.74, 6) is 0.391. The van der Waals surface area contributed by atoms with E-state index in [0.29, 0.717) is 5.75 Å². The van der Waals surface area contributed by atoms with Gasteiger partial charge in [-0.05, 0) is 11.6 Å². The minimum Gasteiger partial charge on any atom is -0.468 e. The second-order valence-electron chi connectivity index (χ2n) is 3.83. The number of carbonyl (C=O) groups is 1. The van der Waals surface area contributed by atoms with Crippen molar-refractivity contribution in [2.45, 2.75) is 11.0 Å². The lowest BCUT2D eigenvalue weighted by Gasteiger charge is -2.14. The second kappa shape index (κ2) is 6.89. The van der Waals surface area contributed by atoms with Crippen molar-refractivity contribution in [1.82, 2.24) is 9.97 Å². The zero-order valence-corrected chi connectivity index (χ0v) is 11.3. The molecule has 0 aliphatic carbocycles. The number of esters is 1. The Morgan fingerprint density at radius 2 is 2.11 bits per heavy atom. The first-order valence-electron chi connectivity index (χ1n) is 5.80. The highest BCUT2D eigenvalue weighted by Gasteiger charge is 2.21. The predicted molar refractivity (Wildman–Crippen MR) is 74.5 cm³/mol. The first-order chi connectivity index (χ1) is 9.31. The van der Waals surface area contributed by atoms with Gasteiger partial charge in [-0.25, -0.2) is 9.97 Å². The standard InChI is InChI=1S/C14H14N2O2S/c1-18-14(17)13(11-5-3-2-4-6-11)19-9-12-7-8-15-10-16-12/h2-8,10,13H,9H2,1H3. The Labute approximate surface area is 116 Å². The number of ether oxygens (including phenoxy) is 1. The molecular formula is C14H14N2O2S. The molecule has 2 aromatic rings. The number of benzene rings is 1. The lowest BCUT2D eigenvalue weighted by atomic mass is 10.1. The molecule has 0 fully saturated rings. The number of hydrogen-bond donors (Lipinski definition) is 0. The highest BCUT2D eigenvalue weighted by molar-refractivity contribution is 7.99. The molecule has 0 N–H and O–H groups in total. The Morgan fingerprint density at radius 1 is 1.32 bits per heavy atom. The zero-order valence-electron chi connectivity index (χ0n) is 10.5. The molecule has 1 aromatic carbocycles. The molecule has 4 nitrogen and oxygen atoms in total. The van der Waals surface area contributed by atoms with Gasteiger partial charge in [0.05, 0.1) is 12.8 Å². The maximum absolute atomic E-state index is 11.9. The predicted octanol–water partition coefficient (Wildman–Crippen LogP) is 2.62. The van der Waals surface area contributed by atoms with Crippen LogP contribution in [0.4, 0.5) is 0 Å². The average Bonchev–Trinajstić information content (AvgIpc) is 2.49. The van der Waals surface area contributed by atoms with E-state index < -0.39 is 0 Å². The van der Waals surface area contributed by atoms with E-state index in [9.17, 15) is 4.79 Å². The number of aromatic nitrogens is 2. The van der Waals surface area contributed by atoms with E-state index in [-0.39, 0.29) is 11.2 Å². The van der Waals surface area contributed by atoms with Crippen LogP contribution < -0.4 is 0 Å². The normalized spacial score (nSPS) is 11.8. The fourth-order valence-electron chi connectivity index (χ4n) is 1.61. The molecule has 0 radical (unpaired) electrons. The summed E-state index contributed by atoms with van der Waals surface area (Å²) in [5, 5.41) is -0.332. The van der Waals surface area contributed by atoms with E-state index in [0.717, 1.165) is 11.3 Å². The molecule has 1 unspecified atom stereocenters. The van der Waals surface area contributed by atoms with Crippen LogP contribution in [0, 0.1) is 0 Å². The van der Waals surface area contributed by atoms with E-state index in [1.54, 1.807) is 6.20 Å². The van der Waals surface area contributed by atoms with Crippen molar-refractivity contribution in [2.24, 2.45) is 0 Å². The molecule has 5 heteroatoms. The van der Waals surface area contributed by atoms with Crippen molar-refractivity contribution in [1.29, 1.82) is 0 Å². The maximum Gasteiger partial charge on any atom is 0.323 e. The molecule has 1 heterocycles. The number of nitrogens with zero attached hydrogens (tertiary/aromatic N) is 2. The molecular weight excluding hydrogens is 260 g/mol. The van der Waals surface area contributed by atoms with E-state index in [4.69, 9.17) is 4.74 Å². The number of methoxy groups -OCH3 is 1. The Balaban J connectivity index is 2.09. The van der Waals surface area contributed by atoms with Crippen molar-refractivity contribution < 1.29 is 9.53 Å². The van der Waals surface area contributed by atoms with Gasteiger partial charge < -0.3 is 4.74 Å². The smallest absolute Gasteiger partial charge is 0.323 e. The summed E-state index contributed by atoms with van der Waals surface area (Å²) in [6.07, 6.45) is 3.20. The SMILES string of the molecule is COC(=O)C(SCc1ccncn1)c1ccccc1. The quantitative estimate of drug-likeness (QED) is 0.784. The minimum atomic E-state index is -0.332. The molecule has 0 amide bonds. The molecule has 2 rings (SSSR count). The zero-order chi connectivity index (χ0) is 13.5. The summed E-state index contributed by atoms with van der Waals surface area (Å²) in [4.78, 5) is 19.9. The van der Waals surface area contributed by atoms with Crippen LogP contribution in [0.2, 0.25) is 0 Å². The highest BCUT2D eigenvalue weighted by atomic mass is 32.2. The van der Waals surface area contributed by atoms with Gasteiger partial charge in [0.2, 0.25) is 0 Å². The fourth-order valence-corrected chi connectivity index (χ4v) is 2.70. The number of rotatable bonds is 5. The molecule has 0 spiro atoms. The molecule has 1 atom stereocenters. The van der Waals surface area contributed by atoms with Crippen molar-refractivity contribution >= 4 is 17.7 Å². The van der Waals surface area contributed by atoms with Crippen LogP contribution in [0.25, 0.3) is 0 Å². The minimum absolute atomic E-state index is 0.245. The maximum atomic E-state index is 11.9. The van der Waals surface area contributed by atoms with Gasteiger partial charge in [0.1, 0.15) is 11.6 Å². The third kappa shape index (κ3) is 3.79. The Hall–Kier alpha value is -1.88. The monoisotopic (exact) mass is 274 g/mol. The van der Waals surface area contributed by atoms with Gasteiger partial charge in [-0.3, -0.25) is 4.79 Å². The molecule has 0 bridgehead atoms. The van der Waals surface area contributed by atoms with Crippen LogP contribution in [-0.2, 0) is 15.3 Å². The molecule has 1 aromatic heterocycles. The van der Waals surface area contributed by atoms with Crippen molar-refractivity contribution in [2.75, 3.05) is 7.11 Å². The topological polar surface area (TPSA) is 52.1 Å². The Kier molecular flexibility index (Phi) is 4.92. The first-order valence-corrected chi connectivity index (χ1v) is 6.85. The third-order valence-corrected chi connectivity index (χ3v) is 3.82. The van der Waals surface area contributed by atoms with Gasteiger partial charge in [0.15, 0.2) is 0 Å². The van der Waals surface area contributed by atoms with Crippen LogP contribution in [0.1, 0.15) is 16.5 Å². The molecule has 0 saturated heterocycles. The summed E-state index contributed by atoms with van der Waals surface area (Å²) >= 11 is 1.50. The van der Waals surface area contributed by atoms with Crippen molar-refractivity contribution in [3.05, 3.63) is 60.2 Å². The second-order valence-corrected chi connectivity index (χ2v) is 4.92. The average molecular weight is 274 g/mol. The van der Waals surface area contributed by atoms with E-state index in [1.165, 1.54) is 25.2 Å². The van der Waals surface area contributed by atoms with Crippen molar-refractivity contribution in [3.8, 4) is 0 Å². The lowest BCUT2D eigenvalue weighted by molar-refractivity contribution is -0.140. The van der Waals surface area contributed by atoms with Gasteiger partial charge in [-0.1, -0.05) is 30.3 Å². The van der Waals surface area contributed by atoms with Crippen molar-refractivity contribution in [3.63, 3.8) is 0 Å². The third-order valence-electron chi connectivity index (χ3n) is 2.56. The van der Waals surface area contributed by atoms with E-state index in [1.807, 2.05) is 36.4 Å². The molecule has 0 saturated carbocycles. The van der Waals surface area contributed by atoms with Gasteiger partial charge >= 0.3 is 5.97 Å². The summed E-state index contributed by atoms with van der Waals surface area (Å²) in [7, 11) is 1.41. The van der Waals surface area contributed by atoms with Gasteiger partial charge in [0.25, 0.3) is 0 Å². The van der Waals surface area contributed by atoms with Crippen LogP contribution in [0.15, 0.2) is 48.9 Å². The van der Waals surface area contributed by atoms with Gasteiger partial charge in [-0.2, -0.15) is 0 Å². The molecule has 19 heavy (non-hydrogen) atoms. The van der Waals surface area contributed by atoms with Crippen LogP contribution >= 0.6 is 11.8 Å². The van der Waals surface area contributed by atoms with Crippen LogP contribution in [0.3, 0.4) is 0 Å². The van der Waals surface area contributed by atoms with E-state index in [2.05, 4.69) is 9.97 Å². The molecule has 98 valence electrons. The fraction of sp³-hybridized carbons (Fsp3) is 0.214. The lowest BCUT2D eigenvalue weighted by Crippen LogP contribution is -2.11. The molecule has 0 aliphatic rings. The summed E-state index contributed by atoms with van der Waals surface area (Å²) in [5.41, 5.74) is 1.83. The van der Waals surface area contributed by atoms with Gasteiger partial charge in [0, 0.05) is 11.9 Å². The number of hydrogen-bond acceptors (Lipinski definition) is 5. The van der Waals surface area contributed by atoms with Crippen LogP contribution in [0.5, 0.6) is 0 Å². The van der Waals surface area contributed by atoms with Gasteiger partial charge in [-0.15, -0.1) is 11.8 Å². The molecule has 0 aliphatic heterocycles. The Bertz CT molecular complexity index is 519. The first kappa shape index (κ1) is 13.5. The summed E-state index contributed by atoms with van der Waals surface area (Å²) in [6.45, 7) is 0. The number of thioether (sulfide) groups is 1. The van der Waals surface area contributed by atoms with Crippen LogP contribution in [-0.4, -0.2) is 23.0 Å². The highest BCUT2D eigenvalue weighted by Crippen LogP contribution is 2.32. The summed E-state index contributed by atoms with van der Waals surface area (Å²) in [6, 6.07) is 11.4.